The summed E-state index contributed by atoms with van der Waals surface area (Å²) < 4.78 is 7.40. The largest absolute Gasteiger partial charge is 0.340 e. The highest BCUT2D eigenvalue weighted by Crippen LogP contribution is 2.46. The van der Waals surface area contributed by atoms with E-state index in [-0.39, 0.29) is 11.3 Å². The van der Waals surface area contributed by atoms with Gasteiger partial charge in [0.25, 0.3) is 11.8 Å². The van der Waals surface area contributed by atoms with Crippen LogP contribution in [0.1, 0.15) is 48.4 Å². The van der Waals surface area contributed by atoms with Crippen LogP contribution in [0.3, 0.4) is 0 Å². The lowest BCUT2D eigenvalue weighted by Crippen LogP contribution is -2.46. The van der Waals surface area contributed by atoms with E-state index in [0.29, 0.717) is 24.7 Å². The first kappa shape index (κ1) is 18.0. The zero-order valence-corrected chi connectivity index (χ0v) is 16.5. The Bertz CT molecular complexity index is 999. The highest BCUT2D eigenvalue weighted by Gasteiger charge is 2.45. The van der Waals surface area contributed by atoms with Gasteiger partial charge in [-0.05, 0) is 37.3 Å². The van der Waals surface area contributed by atoms with E-state index in [0.717, 1.165) is 36.6 Å². The van der Waals surface area contributed by atoms with Crippen LogP contribution in [0, 0.1) is 5.92 Å². The summed E-state index contributed by atoms with van der Waals surface area (Å²) in [4.78, 5) is 27.7. The predicted molar refractivity (Wildman–Crippen MR) is 105 cm³/mol. The van der Waals surface area contributed by atoms with Crippen molar-refractivity contribution < 1.29 is 9.32 Å². The van der Waals surface area contributed by atoms with Gasteiger partial charge in [-0.2, -0.15) is 4.98 Å². The van der Waals surface area contributed by atoms with Crippen LogP contribution in [0.5, 0.6) is 0 Å². The molecule has 0 spiro atoms. The lowest BCUT2D eigenvalue weighted by Gasteiger charge is -2.39. The zero-order valence-electron chi connectivity index (χ0n) is 16.5. The summed E-state index contributed by atoms with van der Waals surface area (Å²) in [5.41, 5.74) is 1.25. The van der Waals surface area contributed by atoms with Crippen LogP contribution in [-0.2, 0) is 12.5 Å². The topological polar surface area (TPSA) is 89.9 Å². The molecule has 3 aromatic heterocycles. The molecule has 2 aliphatic rings. The monoisotopic (exact) mass is 392 g/mol. The summed E-state index contributed by atoms with van der Waals surface area (Å²) in [7, 11) is 1.87. The van der Waals surface area contributed by atoms with Crippen molar-refractivity contribution in [2.45, 2.75) is 37.5 Å². The molecule has 2 fully saturated rings. The average molecular weight is 392 g/mol. The van der Waals surface area contributed by atoms with Crippen LogP contribution in [0.4, 0.5) is 0 Å². The molecule has 1 saturated heterocycles. The lowest BCUT2D eigenvalue weighted by molar-refractivity contribution is 0.0640. The third-order valence-corrected chi connectivity index (χ3v) is 6.14. The number of nitrogens with zero attached hydrogens (tertiary/aromatic N) is 6. The summed E-state index contributed by atoms with van der Waals surface area (Å²) >= 11 is 0. The molecular formula is C21H24N6O2. The Morgan fingerprint density at radius 1 is 1.24 bits per heavy atom. The number of amides is 1. The summed E-state index contributed by atoms with van der Waals surface area (Å²) in [6, 6.07) is 3.75. The predicted octanol–water partition coefficient (Wildman–Crippen LogP) is 2.84. The third kappa shape index (κ3) is 3.54. The highest BCUT2D eigenvalue weighted by atomic mass is 16.5. The van der Waals surface area contributed by atoms with E-state index in [1.54, 1.807) is 29.5 Å². The van der Waals surface area contributed by atoms with Crippen molar-refractivity contribution in [3.8, 4) is 11.5 Å². The molecule has 1 aliphatic carbocycles. The van der Waals surface area contributed by atoms with Crippen molar-refractivity contribution >= 4 is 5.91 Å². The molecule has 0 unspecified atom stereocenters. The first-order chi connectivity index (χ1) is 14.1. The van der Waals surface area contributed by atoms with Gasteiger partial charge in [0.1, 0.15) is 5.69 Å². The maximum Gasteiger partial charge on any atom is 0.274 e. The van der Waals surface area contributed by atoms with Gasteiger partial charge in [0.05, 0.1) is 6.33 Å². The molecule has 0 N–H and O–H groups in total. The van der Waals surface area contributed by atoms with E-state index in [2.05, 4.69) is 15.1 Å². The molecule has 0 atom stereocenters. The van der Waals surface area contributed by atoms with E-state index >= 15 is 0 Å². The number of aromatic nitrogens is 5. The van der Waals surface area contributed by atoms with Gasteiger partial charge in [-0.15, -0.1) is 0 Å². The normalized spacial score (nSPS) is 18.7. The molecular weight excluding hydrogens is 368 g/mol. The Balaban J connectivity index is 1.36. The van der Waals surface area contributed by atoms with Gasteiger partial charge in [0.15, 0.2) is 5.82 Å². The first-order valence-corrected chi connectivity index (χ1v) is 10.1. The van der Waals surface area contributed by atoms with Crippen molar-refractivity contribution in [2.24, 2.45) is 13.0 Å². The van der Waals surface area contributed by atoms with Crippen LogP contribution in [-0.4, -0.2) is 48.6 Å². The number of pyridine rings is 1. The quantitative estimate of drug-likeness (QED) is 0.663. The van der Waals surface area contributed by atoms with Crippen LogP contribution >= 0.6 is 0 Å². The molecule has 8 heteroatoms. The lowest BCUT2D eigenvalue weighted by atomic mass is 9.73. The molecule has 4 heterocycles. The van der Waals surface area contributed by atoms with Crippen molar-refractivity contribution in [1.82, 2.24) is 29.6 Å². The molecule has 1 saturated carbocycles. The van der Waals surface area contributed by atoms with E-state index in [4.69, 9.17) is 9.51 Å². The molecule has 8 nitrogen and oxygen atoms in total. The molecule has 29 heavy (non-hydrogen) atoms. The second kappa shape index (κ2) is 7.09. The van der Waals surface area contributed by atoms with Crippen LogP contribution in [0.2, 0.25) is 0 Å². The number of likely N-dealkylation sites (tertiary alicyclic amines) is 1. The van der Waals surface area contributed by atoms with Crippen molar-refractivity contribution in [3.05, 3.63) is 48.6 Å². The number of hydrogen-bond acceptors (Lipinski definition) is 6. The molecule has 0 aromatic carbocycles. The highest BCUT2D eigenvalue weighted by molar-refractivity contribution is 5.92. The summed E-state index contributed by atoms with van der Waals surface area (Å²) in [6.07, 6.45) is 12.2. The third-order valence-electron chi connectivity index (χ3n) is 6.14. The number of rotatable bonds is 5. The summed E-state index contributed by atoms with van der Waals surface area (Å²) in [6.45, 7) is 1.36. The summed E-state index contributed by atoms with van der Waals surface area (Å²) in [5, 5.41) is 4.37. The van der Waals surface area contributed by atoms with E-state index in [1.165, 1.54) is 12.8 Å². The number of carbonyl (C=O) groups is 1. The van der Waals surface area contributed by atoms with Gasteiger partial charge < -0.3 is 14.0 Å². The number of piperidine rings is 1. The van der Waals surface area contributed by atoms with Gasteiger partial charge in [-0.3, -0.25) is 9.78 Å². The minimum Gasteiger partial charge on any atom is -0.340 e. The van der Waals surface area contributed by atoms with Gasteiger partial charge in [0.2, 0.25) is 0 Å². The Labute approximate surface area is 169 Å². The Hall–Kier alpha value is -3.03. The maximum atomic E-state index is 12.8. The van der Waals surface area contributed by atoms with Gasteiger partial charge in [0, 0.05) is 49.7 Å². The standard InChI is InChI=1S/C21H24N6O2/c1-26-13-17(23-14-26)19(28)27-10-6-21(7-11-27,12-15-2-3-15)20-24-18(29-25-20)16-4-8-22-9-5-16/h4-5,8-9,13-15H,2-3,6-7,10-12H2,1H3. The molecule has 1 amide bonds. The molecule has 3 aromatic rings. The number of imidazole rings is 1. The van der Waals surface area contributed by atoms with Crippen molar-refractivity contribution in [3.63, 3.8) is 0 Å². The molecule has 1 aliphatic heterocycles. The number of aryl methyl sites for hydroxylation is 1. The second-order valence-electron chi connectivity index (χ2n) is 8.30. The maximum absolute atomic E-state index is 12.8. The number of hydrogen-bond donors (Lipinski definition) is 0. The Morgan fingerprint density at radius 2 is 2.00 bits per heavy atom. The van der Waals surface area contributed by atoms with E-state index < -0.39 is 0 Å². The summed E-state index contributed by atoms with van der Waals surface area (Å²) in [5.74, 6) is 2.04. The van der Waals surface area contributed by atoms with Gasteiger partial charge in [-0.1, -0.05) is 18.0 Å². The van der Waals surface area contributed by atoms with Crippen LogP contribution in [0.15, 0.2) is 41.6 Å². The van der Waals surface area contributed by atoms with Gasteiger partial charge in [-0.25, -0.2) is 4.98 Å². The zero-order chi connectivity index (χ0) is 19.8. The fourth-order valence-corrected chi connectivity index (χ4v) is 4.27. The number of carbonyl (C=O) groups excluding carboxylic acids is 1. The average Bonchev–Trinajstić information content (AvgIpc) is 3.24. The molecule has 0 bridgehead atoms. The smallest absolute Gasteiger partial charge is 0.274 e. The Kier molecular flexibility index (Phi) is 4.41. The van der Waals surface area contributed by atoms with Crippen LogP contribution in [0.25, 0.3) is 11.5 Å². The second-order valence-corrected chi connectivity index (χ2v) is 8.30. The van der Waals surface area contributed by atoms with Crippen molar-refractivity contribution in [1.29, 1.82) is 0 Å². The minimum atomic E-state index is -0.128. The van der Waals surface area contributed by atoms with Crippen LogP contribution < -0.4 is 0 Å². The van der Waals surface area contributed by atoms with E-state index in [1.807, 2.05) is 24.1 Å². The minimum absolute atomic E-state index is 0.00351. The fraction of sp³-hybridized carbons (Fsp3) is 0.476. The molecule has 5 rings (SSSR count). The fourth-order valence-electron chi connectivity index (χ4n) is 4.27. The van der Waals surface area contributed by atoms with Gasteiger partial charge >= 0.3 is 0 Å². The molecule has 0 radical (unpaired) electrons. The van der Waals surface area contributed by atoms with E-state index in [9.17, 15) is 4.79 Å². The first-order valence-electron chi connectivity index (χ1n) is 10.1. The Morgan fingerprint density at radius 3 is 2.66 bits per heavy atom. The van der Waals surface area contributed by atoms with Crippen molar-refractivity contribution in [2.75, 3.05) is 13.1 Å². The molecule has 150 valence electrons. The SMILES string of the molecule is Cn1cnc(C(=O)N2CCC(CC3CC3)(c3noc(-c4ccncc4)n3)CC2)c1.